The largest absolute Gasteiger partial charge is 0.332 e. The maximum Gasteiger partial charge on any atom is 0.332 e. The summed E-state index contributed by atoms with van der Waals surface area (Å²) in [5.41, 5.74) is 1.59. The molecule has 2 heterocycles. The van der Waals surface area contributed by atoms with Crippen LogP contribution < -0.4 is 16.6 Å². The molecule has 0 saturated heterocycles. The molecule has 34 heavy (non-hydrogen) atoms. The van der Waals surface area contributed by atoms with E-state index in [9.17, 15) is 18.8 Å². The number of thiophene rings is 1. The Bertz CT molecular complexity index is 1670. The maximum absolute atomic E-state index is 13.5. The fraction of sp³-hybridized carbons (Fsp3) is 0.115. The van der Waals surface area contributed by atoms with Crippen LogP contribution in [-0.4, -0.2) is 15.0 Å². The average Bonchev–Trinajstić information content (AvgIpc) is 3.22. The number of aromatic nitrogens is 2. The van der Waals surface area contributed by atoms with Gasteiger partial charge in [0, 0.05) is 15.8 Å². The van der Waals surface area contributed by atoms with Crippen LogP contribution in [0.3, 0.4) is 0 Å². The second kappa shape index (κ2) is 8.72. The number of carbonyl (C=O) groups excluding carboxylic acids is 1. The molecule has 0 aliphatic carbocycles. The predicted molar refractivity (Wildman–Crippen MR) is 133 cm³/mol. The number of amides is 1. The van der Waals surface area contributed by atoms with Crippen LogP contribution in [0.25, 0.3) is 20.3 Å². The van der Waals surface area contributed by atoms with Crippen LogP contribution in [0.1, 0.15) is 11.1 Å². The number of benzene rings is 3. The number of carbonyl (C=O) groups is 1. The first-order valence-corrected chi connectivity index (χ1v) is 11.5. The molecule has 5 rings (SSSR count). The lowest BCUT2D eigenvalue weighted by molar-refractivity contribution is -0.116. The van der Waals surface area contributed by atoms with Gasteiger partial charge in [0.05, 0.1) is 12.1 Å². The molecule has 5 aromatic rings. The Balaban J connectivity index is 1.66. The Morgan fingerprint density at radius 3 is 2.41 bits per heavy atom. The van der Waals surface area contributed by atoms with Gasteiger partial charge in [0.15, 0.2) is 0 Å². The molecule has 0 unspecified atom stereocenters. The molecule has 0 spiro atoms. The number of anilines is 1. The zero-order valence-corrected chi connectivity index (χ0v) is 19.1. The number of hydrogen-bond acceptors (Lipinski definition) is 4. The van der Waals surface area contributed by atoms with Crippen molar-refractivity contribution in [3.05, 3.63) is 111 Å². The third kappa shape index (κ3) is 3.92. The molecule has 3 aromatic carbocycles. The number of rotatable bonds is 5. The highest BCUT2D eigenvalue weighted by molar-refractivity contribution is 7.25. The molecule has 0 bridgehead atoms. The Morgan fingerprint density at radius 1 is 0.941 bits per heavy atom. The molecule has 0 saturated carbocycles. The predicted octanol–water partition coefficient (Wildman–Crippen LogP) is 4.51. The fourth-order valence-corrected chi connectivity index (χ4v) is 5.16. The van der Waals surface area contributed by atoms with Gasteiger partial charge in [-0.05, 0) is 42.3 Å². The summed E-state index contributed by atoms with van der Waals surface area (Å²) in [6.45, 7) is 1.60. The van der Waals surface area contributed by atoms with Crippen LogP contribution in [0.15, 0.2) is 82.4 Å². The zero-order valence-electron chi connectivity index (χ0n) is 18.2. The molecule has 1 amide bonds. The second-order valence-corrected chi connectivity index (χ2v) is 9.08. The summed E-state index contributed by atoms with van der Waals surface area (Å²) in [5.74, 6) is -0.777. The lowest BCUT2D eigenvalue weighted by atomic mass is 10.2. The van der Waals surface area contributed by atoms with Crippen molar-refractivity contribution in [1.82, 2.24) is 9.13 Å². The van der Waals surface area contributed by atoms with Crippen molar-refractivity contribution < 1.29 is 9.18 Å². The lowest BCUT2D eigenvalue weighted by Gasteiger charge is -2.14. The molecule has 6 nitrogen and oxygen atoms in total. The van der Waals surface area contributed by atoms with Crippen molar-refractivity contribution in [3.8, 4) is 0 Å². The first-order valence-electron chi connectivity index (χ1n) is 10.7. The van der Waals surface area contributed by atoms with Crippen molar-refractivity contribution in [2.24, 2.45) is 0 Å². The zero-order chi connectivity index (χ0) is 23.8. The van der Waals surface area contributed by atoms with E-state index in [1.165, 1.54) is 40.2 Å². The summed E-state index contributed by atoms with van der Waals surface area (Å²) in [6, 6.07) is 20.4. The van der Waals surface area contributed by atoms with Crippen LogP contribution in [0, 0.1) is 12.7 Å². The van der Waals surface area contributed by atoms with Crippen molar-refractivity contribution >= 4 is 43.2 Å². The third-order valence-electron chi connectivity index (χ3n) is 5.72. The normalized spacial score (nSPS) is 11.2. The van der Waals surface area contributed by atoms with Gasteiger partial charge in [0.2, 0.25) is 5.91 Å². The van der Waals surface area contributed by atoms with E-state index in [1.807, 2.05) is 49.4 Å². The van der Waals surface area contributed by atoms with Gasteiger partial charge in [-0.2, -0.15) is 0 Å². The van der Waals surface area contributed by atoms with Gasteiger partial charge in [-0.3, -0.25) is 18.7 Å². The van der Waals surface area contributed by atoms with Crippen molar-refractivity contribution in [2.45, 2.75) is 20.0 Å². The lowest BCUT2D eigenvalue weighted by Crippen LogP contribution is -2.41. The molecule has 170 valence electrons. The van der Waals surface area contributed by atoms with Gasteiger partial charge in [0.1, 0.15) is 17.1 Å². The van der Waals surface area contributed by atoms with E-state index in [1.54, 1.807) is 6.07 Å². The minimum Gasteiger partial charge on any atom is -0.324 e. The van der Waals surface area contributed by atoms with Gasteiger partial charge < -0.3 is 5.32 Å². The quantitative estimate of drug-likeness (QED) is 0.408. The molecule has 8 heteroatoms. The number of nitrogens with one attached hydrogen (secondary N) is 1. The summed E-state index contributed by atoms with van der Waals surface area (Å²) in [4.78, 5) is 39.9. The molecular weight excluding hydrogens is 453 g/mol. The smallest absolute Gasteiger partial charge is 0.324 e. The molecule has 0 aliphatic heterocycles. The fourth-order valence-electron chi connectivity index (χ4n) is 4.00. The van der Waals surface area contributed by atoms with Crippen LogP contribution in [0.2, 0.25) is 0 Å². The standard InChI is InChI=1S/C26H20FN3O3S/c1-16-6-2-4-8-20(16)28-22(31)15-29-23-19-7-3-5-9-21(19)34-24(23)25(32)30(26(29)33)14-17-10-12-18(27)13-11-17/h2-13H,14-15H2,1H3,(H,28,31). The van der Waals surface area contributed by atoms with Gasteiger partial charge in [-0.1, -0.05) is 48.5 Å². The highest BCUT2D eigenvalue weighted by atomic mass is 32.1. The molecule has 0 atom stereocenters. The van der Waals surface area contributed by atoms with Crippen LogP contribution in [-0.2, 0) is 17.9 Å². The van der Waals surface area contributed by atoms with Crippen LogP contribution >= 0.6 is 11.3 Å². The molecule has 0 aliphatic rings. The monoisotopic (exact) mass is 473 g/mol. The Hall–Kier alpha value is -4.04. The minimum absolute atomic E-state index is 0.0262. The van der Waals surface area contributed by atoms with Crippen molar-refractivity contribution in [3.63, 3.8) is 0 Å². The van der Waals surface area contributed by atoms with Crippen molar-refractivity contribution in [1.29, 1.82) is 0 Å². The highest BCUT2D eigenvalue weighted by Gasteiger charge is 2.20. The van der Waals surface area contributed by atoms with Crippen LogP contribution in [0.5, 0.6) is 0 Å². The first-order chi connectivity index (χ1) is 16.4. The summed E-state index contributed by atoms with van der Waals surface area (Å²) < 4.78 is 17.0. The van der Waals surface area contributed by atoms with E-state index in [0.29, 0.717) is 21.5 Å². The van der Waals surface area contributed by atoms with Crippen molar-refractivity contribution in [2.75, 3.05) is 5.32 Å². The van der Waals surface area contributed by atoms with Gasteiger partial charge in [0.25, 0.3) is 5.56 Å². The SMILES string of the molecule is Cc1ccccc1NC(=O)Cn1c(=O)n(Cc2ccc(F)cc2)c(=O)c2sc3ccccc3c21. The van der Waals surface area contributed by atoms with Gasteiger partial charge in [-0.25, -0.2) is 9.18 Å². The number of para-hydroxylation sites is 1. The molecular formula is C26H20FN3O3S. The van der Waals surface area contributed by atoms with E-state index in [-0.39, 0.29) is 19.0 Å². The average molecular weight is 474 g/mol. The summed E-state index contributed by atoms with van der Waals surface area (Å²) in [5, 5.41) is 3.60. The minimum atomic E-state index is -0.592. The van der Waals surface area contributed by atoms with E-state index < -0.39 is 17.1 Å². The Labute approximate surface area is 197 Å². The van der Waals surface area contributed by atoms with E-state index in [2.05, 4.69) is 5.32 Å². The van der Waals surface area contributed by atoms with E-state index >= 15 is 0 Å². The number of nitrogens with zero attached hydrogens (tertiary/aromatic N) is 2. The van der Waals surface area contributed by atoms with E-state index in [4.69, 9.17) is 0 Å². The topological polar surface area (TPSA) is 73.1 Å². The molecule has 1 N–H and O–H groups in total. The van der Waals surface area contributed by atoms with Crippen LogP contribution in [0.4, 0.5) is 10.1 Å². The number of halogens is 1. The first kappa shape index (κ1) is 21.8. The molecule has 2 aromatic heterocycles. The number of fused-ring (bicyclic) bond motifs is 3. The molecule has 0 fully saturated rings. The van der Waals surface area contributed by atoms with Gasteiger partial charge in [-0.15, -0.1) is 11.3 Å². The summed E-state index contributed by atoms with van der Waals surface area (Å²) in [6.07, 6.45) is 0. The maximum atomic E-state index is 13.5. The summed E-state index contributed by atoms with van der Waals surface area (Å²) in [7, 11) is 0. The van der Waals surface area contributed by atoms with Gasteiger partial charge >= 0.3 is 5.69 Å². The second-order valence-electron chi connectivity index (χ2n) is 8.03. The highest BCUT2D eigenvalue weighted by Crippen LogP contribution is 2.31. The Morgan fingerprint density at radius 2 is 1.65 bits per heavy atom. The molecule has 0 radical (unpaired) electrons. The number of aryl methyl sites for hydroxylation is 1. The van der Waals surface area contributed by atoms with E-state index in [0.717, 1.165) is 20.2 Å². The Kier molecular flexibility index (Phi) is 5.59. The number of hydrogen-bond donors (Lipinski definition) is 1. The third-order valence-corrected chi connectivity index (χ3v) is 6.86. The summed E-state index contributed by atoms with van der Waals surface area (Å²) >= 11 is 1.29.